The summed E-state index contributed by atoms with van der Waals surface area (Å²) in [5, 5.41) is 0. The number of hydrogen-bond donors (Lipinski definition) is 1. The standard InChI is InChI=1S/C19H31O5P/c1-14-13-19(22-2)18(24-14)10-12-25(20,21)23-11-9-17-15-7-5-3-4-6-8-16(15)17/h14-19H,5-13H2,1-2H3,(H,20,21)/t14-,15-,16+,17?,18+,19?/m0/s1. The lowest BCUT2D eigenvalue weighted by atomic mass is 10.1. The van der Waals surface area contributed by atoms with Crippen molar-refractivity contribution >= 4 is 7.60 Å². The summed E-state index contributed by atoms with van der Waals surface area (Å²) in [5.74, 6) is 8.59. The van der Waals surface area contributed by atoms with Gasteiger partial charge in [-0.05, 0) is 50.4 Å². The van der Waals surface area contributed by atoms with Gasteiger partial charge in [0.25, 0.3) is 0 Å². The third-order valence-corrected chi connectivity index (χ3v) is 7.38. The van der Waals surface area contributed by atoms with E-state index in [1.165, 1.54) is 12.8 Å². The lowest BCUT2D eigenvalue weighted by Crippen LogP contribution is -2.24. The Morgan fingerprint density at radius 2 is 1.88 bits per heavy atom. The van der Waals surface area contributed by atoms with Crippen molar-refractivity contribution in [3.63, 3.8) is 0 Å². The van der Waals surface area contributed by atoms with Gasteiger partial charge in [-0.2, -0.15) is 0 Å². The summed E-state index contributed by atoms with van der Waals surface area (Å²) in [6.07, 6.45) is 6.76. The maximum absolute atomic E-state index is 12.3. The van der Waals surface area contributed by atoms with E-state index >= 15 is 0 Å². The maximum Gasteiger partial charge on any atom is 0.328 e. The van der Waals surface area contributed by atoms with Crippen LogP contribution < -0.4 is 0 Å². The van der Waals surface area contributed by atoms with Crippen LogP contribution in [0.5, 0.6) is 0 Å². The van der Waals surface area contributed by atoms with E-state index in [9.17, 15) is 9.46 Å². The number of methoxy groups -OCH3 is 1. The van der Waals surface area contributed by atoms with Crippen LogP contribution in [-0.2, 0) is 18.6 Å². The fourth-order valence-electron chi connectivity index (χ4n) is 4.57. The molecule has 0 amide bonds. The first-order valence-corrected chi connectivity index (χ1v) is 11.4. The normalized spacial score (nSPS) is 39.5. The molecule has 25 heavy (non-hydrogen) atoms. The van der Waals surface area contributed by atoms with E-state index in [1.807, 2.05) is 6.92 Å². The Hall–Kier alpha value is -0.370. The van der Waals surface area contributed by atoms with Gasteiger partial charge in [0.2, 0.25) is 0 Å². The van der Waals surface area contributed by atoms with Crippen LogP contribution in [-0.4, -0.2) is 43.1 Å². The van der Waals surface area contributed by atoms with Gasteiger partial charge >= 0.3 is 7.60 Å². The molecular formula is C19H31O5P. The lowest BCUT2D eigenvalue weighted by molar-refractivity contribution is -0.00279. The molecule has 1 saturated heterocycles. The van der Waals surface area contributed by atoms with Crippen molar-refractivity contribution in [2.75, 3.05) is 19.9 Å². The van der Waals surface area contributed by atoms with Crippen molar-refractivity contribution in [2.45, 2.75) is 70.2 Å². The molecule has 0 radical (unpaired) electrons. The molecule has 0 aromatic rings. The number of rotatable bonds is 8. The molecule has 0 aromatic carbocycles. The highest BCUT2D eigenvalue weighted by Crippen LogP contribution is 2.55. The van der Waals surface area contributed by atoms with Crippen molar-refractivity contribution in [2.24, 2.45) is 17.8 Å². The second-order valence-corrected chi connectivity index (χ2v) is 9.67. The van der Waals surface area contributed by atoms with Crippen LogP contribution >= 0.6 is 7.60 Å². The fourth-order valence-corrected chi connectivity index (χ4v) is 5.67. The predicted octanol–water partition coefficient (Wildman–Crippen LogP) is 3.60. The minimum Gasteiger partial charge on any atom is -0.379 e. The number of fused-ring (bicyclic) bond motifs is 1. The molecule has 1 saturated carbocycles. The van der Waals surface area contributed by atoms with Crippen LogP contribution in [0, 0.1) is 29.6 Å². The summed E-state index contributed by atoms with van der Waals surface area (Å²) >= 11 is 0. The summed E-state index contributed by atoms with van der Waals surface area (Å²) in [7, 11) is -1.88. The second kappa shape index (κ2) is 8.55. The maximum atomic E-state index is 12.3. The highest BCUT2D eigenvalue weighted by molar-refractivity contribution is 7.52. The van der Waals surface area contributed by atoms with Gasteiger partial charge in [0.05, 0.1) is 31.1 Å². The molecule has 5 nitrogen and oxygen atoms in total. The quantitative estimate of drug-likeness (QED) is 0.522. The van der Waals surface area contributed by atoms with E-state index in [4.69, 9.17) is 14.0 Å². The van der Waals surface area contributed by atoms with Crippen LogP contribution in [0.25, 0.3) is 0 Å². The van der Waals surface area contributed by atoms with E-state index in [0.717, 1.165) is 37.5 Å². The molecule has 3 rings (SSSR count). The Balaban J connectivity index is 1.36. The van der Waals surface area contributed by atoms with E-state index in [-0.39, 0.29) is 24.5 Å². The molecule has 0 spiro atoms. The Kier molecular flexibility index (Phi) is 6.63. The molecule has 2 aliphatic carbocycles. The summed E-state index contributed by atoms with van der Waals surface area (Å²) < 4.78 is 28.9. The van der Waals surface area contributed by atoms with E-state index in [1.54, 1.807) is 7.11 Å². The minimum atomic E-state index is -3.55. The summed E-state index contributed by atoms with van der Waals surface area (Å²) in [6.45, 7) is 2.38. The van der Waals surface area contributed by atoms with Crippen molar-refractivity contribution in [3.05, 3.63) is 0 Å². The molecule has 1 aliphatic heterocycles. The summed E-state index contributed by atoms with van der Waals surface area (Å²) in [4.78, 5) is 10.1. The highest BCUT2D eigenvalue weighted by Gasteiger charge is 2.48. The van der Waals surface area contributed by atoms with Gasteiger partial charge in [-0.25, -0.2) is 0 Å². The van der Waals surface area contributed by atoms with Gasteiger partial charge in [-0.15, -0.1) is 11.8 Å². The van der Waals surface area contributed by atoms with Crippen molar-refractivity contribution < 1.29 is 23.5 Å². The monoisotopic (exact) mass is 370 g/mol. The van der Waals surface area contributed by atoms with Gasteiger partial charge in [0.15, 0.2) is 0 Å². The Morgan fingerprint density at radius 1 is 1.20 bits per heavy atom. The van der Waals surface area contributed by atoms with E-state index in [0.29, 0.717) is 18.9 Å². The molecule has 3 aliphatic rings. The van der Waals surface area contributed by atoms with Crippen LogP contribution in [0.2, 0.25) is 0 Å². The first-order valence-electron chi connectivity index (χ1n) is 9.60. The zero-order valence-electron chi connectivity index (χ0n) is 15.4. The summed E-state index contributed by atoms with van der Waals surface area (Å²) in [5.41, 5.74) is 0. The van der Waals surface area contributed by atoms with E-state index < -0.39 is 7.60 Å². The molecule has 7 atom stereocenters. The topological polar surface area (TPSA) is 65.0 Å². The third kappa shape index (κ3) is 5.31. The smallest absolute Gasteiger partial charge is 0.328 e. The molecular weight excluding hydrogens is 339 g/mol. The third-order valence-electron chi connectivity index (χ3n) is 5.97. The number of hydrogen-bond acceptors (Lipinski definition) is 4. The van der Waals surface area contributed by atoms with Crippen molar-refractivity contribution in [1.29, 1.82) is 0 Å². The molecule has 2 fully saturated rings. The second-order valence-electron chi connectivity index (χ2n) is 7.69. The Bertz CT molecular complexity index is 536. The number of ether oxygens (including phenoxy) is 2. The Labute approximate surface area is 151 Å². The minimum absolute atomic E-state index is 0.0136. The van der Waals surface area contributed by atoms with E-state index in [2.05, 4.69) is 11.8 Å². The van der Waals surface area contributed by atoms with Crippen molar-refractivity contribution in [3.8, 4) is 11.8 Å². The van der Waals surface area contributed by atoms with Gasteiger partial charge in [0, 0.05) is 26.4 Å². The summed E-state index contributed by atoms with van der Waals surface area (Å²) in [6, 6.07) is 0. The SMILES string of the molecule is COC1C[C@H](C)O[C@@H]1CCP(=O)(O)OCCC1[C@H]2CCC#CCC[C@@H]12. The fraction of sp³-hybridized carbons (Fsp3) is 0.895. The first-order chi connectivity index (χ1) is 12.0. The van der Waals surface area contributed by atoms with Crippen LogP contribution in [0.1, 0.15) is 51.9 Å². The predicted molar refractivity (Wildman–Crippen MR) is 96.3 cm³/mol. The average molecular weight is 370 g/mol. The van der Waals surface area contributed by atoms with Gasteiger partial charge in [-0.3, -0.25) is 4.57 Å². The molecule has 3 unspecified atom stereocenters. The molecule has 0 aromatic heterocycles. The van der Waals surface area contributed by atoms with Gasteiger partial charge in [-0.1, -0.05) is 0 Å². The average Bonchev–Trinajstić information content (AvgIpc) is 3.02. The van der Waals surface area contributed by atoms with Crippen LogP contribution in [0.3, 0.4) is 0 Å². The molecule has 1 heterocycles. The van der Waals surface area contributed by atoms with Crippen LogP contribution in [0.4, 0.5) is 0 Å². The van der Waals surface area contributed by atoms with Gasteiger partial charge < -0.3 is 18.9 Å². The molecule has 1 N–H and O–H groups in total. The van der Waals surface area contributed by atoms with Crippen molar-refractivity contribution in [1.82, 2.24) is 0 Å². The Morgan fingerprint density at radius 3 is 2.52 bits per heavy atom. The molecule has 0 bridgehead atoms. The molecule has 6 heteroatoms. The largest absolute Gasteiger partial charge is 0.379 e. The van der Waals surface area contributed by atoms with Gasteiger partial charge in [0.1, 0.15) is 0 Å². The molecule has 142 valence electrons. The van der Waals surface area contributed by atoms with Crippen LogP contribution in [0.15, 0.2) is 0 Å². The highest BCUT2D eigenvalue weighted by atomic mass is 31.2. The lowest BCUT2D eigenvalue weighted by Gasteiger charge is -2.19. The zero-order chi connectivity index (χ0) is 17.9. The zero-order valence-corrected chi connectivity index (χ0v) is 16.2. The first kappa shape index (κ1) is 19.4.